The van der Waals surface area contributed by atoms with E-state index in [0.717, 1.165) is 27.9 Å². The maximum atomic E-state index is 14.3. The second-order valence-corrected chi connectivity index (χ2v) is 13.2. The molecule has 12 nitrogen and oxygen atoms in total. The first-order valence-electron chi connectivity index (χ1n) is 17.9. The number of nitrogens with one attached hydrogen (secondary N) is 1. The van der Waals surface area contributed by atoms with Crippen molar-refractivity contribution >= 4 is 39.5 Å². The van der Waals surface area contributed by atoms with Crippen molar-refractivity contribution in [3.63, 3.8) is 0 Å². The number of ether oxygens (including phenoxy) is 2. The minimum atomic E-state index is -1.97. The van der Waals surface area contributed by atoms with Gasteiger partial charge in [0.15, 0.2) is 5.66 Å². The van der Waals surface area contributed by atoms with Crippen LogP contribution in [0.15, 0.2) is 109 Å². The third-order valence-corrected chi connectivity index (χ3v) is 9.56. The SMILES string of the molecule is CCCCC(NC(=O)c1ccccc1[N+](=O)[O-])(C(=O)OCC)N(CC(=O)OC)Cc1cc(-c2ccccc2)cc(-c2cc(-c3ccccc3)cc(CBr)n2)n1. The minimum absolute atomic E-state index is 0.00617. The molecular formula is C42H42BrN5O7. The highest BCUT2D eigenvalue weighted by atomic mass is 79.9. The van der Waals surface area contributed by atoms with Gasteiger partial charge in [-0.3, -0.25) is 29.6 Å². The number of alkyl halides is 1. The molecule has 1 unspecified atom stereocenters. The number of esters is 2. The summed E-state index contributed by atoms with van der Waals surface area (Å²) in [4.78, 5) is 64.2. The van der Waals surface area contributed by atoms with E-state index in [-0.39, 0.29) is 25.1 Å². The Kier molecular flexibility index (Phi) is 14.0. The lowest BCUT2D eigenvalue weighted by Crippen LogP contribution is -2.66. The number of hydrogen-bond acceptors (Lipinski definition) is 10. The first-order chi connectivity index (χ1) is 26.6. The molecule has 13 heteroatoms. The summed E-state index contributed by atoms with van der Waals surface area (Å²) in [6, 6.07) is 32.8. The Bertz CT molecular complexity index is 2130. The number of para-hydroxylation sites is 1. The van der Waals surface area contributed by atoms with Crippen LogP contribution in [0.25, 0.3) is 33.6 Å². The van der Waals surface area contributed by atoms with Gasteiger partial charge >= 0.3 is 11.9 Å². The smallest absolute Gasteiger partial charge is 0.347 e. The Morgan fingerprint density at radius 1 is 0.818 bits per heavy atom. The average Bonchev–Trinajstić information content (AvgIpc) is 3.22. The van der Waals surface area contributed by atoms with Gasteiger partial charge in [-0.1, -0.05) is 102 Å². The molecule has 284 valence electrons. The number of nitro benzene ring substituents is 1. The molecule has 0 aliphatic heterocycles. The summed E-state index contributed by atoms with van der Waals surface area (Å²) in [5.41, 5.74) is 3.33. The standard InChI is InChI=1S/C42H42BrN5O7/c1-4-6-21-42(41(51)55-5-2,46-40(50)35-19-13-14-20-38(35)48(52)53)47(28-39(49)54-3)27-34-23-32(30-17-11-8-12-18-30)25-37(45-34)36-24-31(22-33(26-43)44-36)29-15-9-7-10-16-29/h7-20,22-25H,4-6,21,26-28H2,1-3H3,(H,46,50). The molecular weight excluding hydrogens is 766 g/mol. The van der Waals surface area contributed by atoms with Crippen LogP contribution in [0.1, 0.15) is 54.9 Å². The van der Waals surface area contributed by atoms with Gasteiger partial charge in [0.25, 0.3) is 11.6 Å². The van der Waals surface area contributed by atoms with Crippen molar-refractivity contribution in [1.29, 1.82) is 0 Å². The summed E-state index contributed by atoms with van der Waals surface area (Å²) in [7, 11) is 1.23. The van der Waals surface area contributed by atoms with Crippen molar-refractivity contribution in [2.45, 2.75) is 50.6 Å². The van der Waals surface area contributed by atoms with Crippen molar-refractivity contribution < 1.29 is 28.8 Å². The molecule has 0 aliphatic rings. The highest BCUT2D eigenvalue weighted by Gasteiger charge is 2.48. The van der Waals surface area contributed by atoms with E-state index >= 15 is 0 Å². The maximum Gasteiger partial charge on any atom is 0.347 e. The molecule has 5 rings (SSSR count). The van der Waals surface area contributed by atoms with E-state index in [9.17, 15) is 24.5 Å². The molecule has 5 aromatic rings. The van der Waals surface area contributed by atoms with Gasteiger partial charge < -0.3 is 14.8 Å². The zero-order valence-electron chi connectivity index (χ0n) is 30.9. The fraction of sp³-hybridized carbons (Fsp3) is 0.262. The first kappa shape index (κ1) is 40.4. The molecule has 0 bridgehead atoms. The topological polar surface area (TPSA) is 154 Å². The lowest BCUT2D eigenvalue weighted by atomic mass is 9.97. The van der Waals surface area contributed by atoms with Crippen LogP contribution in [0.4, 0.5) is 5.69 Å². The predicted octanol–water partition coefficient (Wildman–Crippen LogP) is 8.14. The number of nitro groups is 1. The van der Waals surface area contributed by atoms with E-state index in [2.05, 4.69) is 21.2 Å². The number of amides is 1. The number of carbonyl (C=O) groups is 3. The number of unbranched alkanes of at least 4 members (excludes halogenated alkanes) is 1. The minimum Gasteiger partial charge on any atom is -0.468 e. The monoisotopic (exact) mass is 807 g/mol. The number of benzene rings is 3. The molecule has 2 heterocycles. The summed E-state index contributed by atoms with van der Waals surface area (Å²) < 4.78 is 10.7. The molecule has 3 aromatic carbocycles. The Hall–Kier alpha value is -5.79. The van der Waals surface area contributed by atoms with E-state index < -0.39 is 40.7 Å². The number of hydrogen-bond donors (Lipinski definition) is 1. The van der Waals surface area contributed by atoms with E-state index in [1.807, 2.05) is 91.9 Å². The lowest BCUT2D eigenvalue weighted by molar-refractivity contribution is -0.385. The summed E-state index contributed by atoms with van der Waals surface area (Å²) >= 11 is 3.57. The van der Waals surface area contributed by atoms with Gasteiger partial charge in [0.2, 0.25) is 0 Å². The zero-order valence-corrected chi connectivity index (χ0v) is 32.5. The largest absolute Gasteiger partial charge is 0.468 e. The lowest BCUT2D eigenvalue weighted by Gasteiger charge is -2.41. The van der Waals surface area contributed by atoms with Crippen molar-refractivity contribution in [3.05, 3.63) is 136 Å². The number of rotatable bonds is 17. The first-order valence-corrected chi connectivity index (χ1v) is 19.0. The molecule has 0 spiro atoms. The number of nitrogens with zero attached hydrogens (tertiary/aromatic N) is 4. The number of carbonyl (C=O) groups excluding carboxylic acids is 3. The van der Waals surface area contributed by atoms with Crippen LogP contribution >= 0.6 is 15.9 Å². The van der Waals surface area contributed by atoms with Crippen LogP contribution in [0, 0.1) is 10.1 Å². The van der Waals surface area contributed by atoms with Crippen LogP contribution in [0.5, 0.6) is 0 Å². The maximum absolute atomic E-state index is 14.3. The number of pyridine rings is 2. The van der Waals surface area contributed by atoms with Crippen molar-refractivity contribution in [1.82, 2.24) is 20.2 Å². The molecule has 0 saturated heterocycles. The van der Waals surface area contributed by atoms with Gasteiger partial charge in [-0.15, -0.1) is 0 Å². The second-order valence-electron chi connectivity index (χ2n) is 12.7. The predicted molar refractivity (Wildman–Crippen MR) is 213 cm³/mol. The van der Waals surface area contributed by atoms with E-state index in [0.29, 0.717) is 35.3 Å². The summed E-state index contributed by atoms with van der Waals surface area (Å²) in [5, 5.41) is 15.2. The third-order valence-electron chi connectivity index (χ3n) is 8.98. The normalized spacial score (nSPS) is 12.1. The quantitative estimate of drug-likeness (QED) is 0.0320. The van der Waals surface area contributed by atoms with Crippen molar-refractivity contribution in [2.24, 2.45) is 0 Å². The van der Waals surface area contributed by atoms with Crippen LogP contribution in [-0.2, 0) is 30.9 Å². The number of aromatic nitrogens is 2. The van der Waals surface area contributed by atoms with Crippen molar-refractivity contribution in [3.8, 4) is 33.6 Å². The van der Waals surface area contributed by atoms with Gasteiger partial charge in [-0.2, -0.15) is 0 Å². The van der Waals surface area contributed by atoms with Crippen LogP contribution in [0.2, 0.25) is 0 Å². The molecule has 0 fully saturated rings. The molecule has 0 saturated carbocycles. The Morgan fingerprint density at radius 3 is 1.93 bits per heavy atom. The van der Waals surface area contributed by atoms with Gasteiger partial charge in [0.1, 0.15) is 5.56 Å². The summed E-state index contributed by atoms with van der Waals surface area (Å²) in [6.07, 6.45) is 1.04. The fourth-order valence-corrected chi connectivity index (χ4v) is 6.56. The average molecular weight is 809 g/mol. The molecule has 55 heavy (non-hydrogen) atoms. The number of halogens is 1. The number of methoxy groups -OCH3 is 1. The highest BCUT2D eigenvalue weighted by Crippen LogP contribution is 2.32. The van der Waals surface area contributed by atoms with Gasteiger partial charge in [-0.05, 0) is 72.4 Å². The summed E-state index contributed by atoms with van der Waals surface area (Å²) in [6.45, 7) is 2.90. The molecule has 0 aliphatic carbocycles. The third kappa shape index (κ3) is 9.85. The van der Waals surface area contributed by atoms with Crippen LogP contribution in [0.3, 0.4) is 0 Å². The second kappa shape index (κ2) is 19.0. The van der Waals surface area contributed by atoms with Crippen LogP contribution < -0.4 is 5.32 Å². The Balaban J connectivity index is 1.71. The van der Waals surface area contributed by atoms with Crippen LogP contribution in [-0.4, -0.2) is 63.6 Å². The van der Waals surface area contributed by atoms with E-state index in [1.54, 1.807) is 6.92 Å². The molecule has 1 N–H and O–H groups in total. The molecule has 1 amide bonds. The van der Waals surface area contributed by atoms with Gasteiger partial charge in [0, 0.05) is 17.9 Å². The fourth-order valence-electron chi connectivity index (χ4n) is 6.27. The van der Waals surface area contributed by atoms with Gasteiger partial charge in [0.05, 0.1) is 48.0 Å². The summed E-state index contributed by atoms with van der Waals surface area (Å²) in [5.74, 6) is -2.41. The van der Waals surface area contributed by atoms with Gasteiger partial charge in [-0.25, -0.2) is 9.78 Å². The highest BCUT2D eigenvalue weighted by molar-refractivity contribution is 9.08. The molecule has 2 aromatic heterocycles. The van der Waals surface area contributed by atoms with E-state index in [4.69, 9.17) is 19.4 Å². The van der Waals surface area contributed by atoms with E-state index in [1.165, 1.54) is 36.3 Å². The Labute approximate surface area is 328 Å². The van der Waals surface area contributed by atoms with Crippen molar-refractivity contribution in [2.75, 3.05) is 20.3 Å². The Morgan fingerprint density at radius 2 is 1.38 bits per heavy atom. The molecule has 0 radical (unpaired) electrons. The molecule has 1 atom stereocenters. The zero-order chi connectivity index (χ0) is 39.4.